The van der Waals surface area contributed by atoms with E-state index in [-0.39, 0.29) is 5.82 Å². The van der Waals surface area contributed by atoms with E-state index in [2.05, 4.69) is 20.8 Å². The molecule has 1 aromatic carbocycles. The van der Waals surface area contributed by atoms with E-state index < -0.39 is 0 Å². The zero-order valence-electron chi connectivity index (χ0n) is 11.3. The molecule has 1 saturated carbocycles. The second-order valence-electron chi connectivity index (χ2n) is 6.10. The average molecular weight is 326 g/mol. The van der Waals surface area contributed by atoms with Gasteiger partial charge in [-0.1, -0.05) is 28.8 Å². The molecule has 0 amide bonds. The van der Waals surface area contributed by atoms with Crippen molar-refractivity contribution in [3.05, 3.63) is 29.6 Å². The largest absolute Gasteiger partial charge is 0.371 e. The number of anilines is 1. The van der Waals surface area contributed by atoms with Crippen molar-refractivity contribution >= 4 is 21.6 Å². The number of alkyl halides is 1. The van der Waals surface area contributed by atoms with Crippen LogP contribution in [0.3, 0.4) is 0 Å². The van der Waals surface area contributed by atoms with Crippen LogP contribution in [0.1, 0.15) is 44.1 Å². The van der Waals surface area contributed by atoms with Crippen LogP contribution in [0.2, 0.25) is 0 Å². The average Bonchev–Trinajstić information content (AvgIpc) is 2.88. The van der Waals surface area contributed by atoms with Gasteiger partial charge >= 0.3 is 0 Å². The summed E-state index contributed by atoms with van der Waals surface area (Å²) >= 11 is 3.48. The maximum Gasteiger partial charge on any atom is 0.123 e. The smallest absolute Gasteiger partial charge is 0.123 e. The van der Waals surface area contributed by atoms with Gasteiger partial charge in [0.1, 0.15) is 5.82 Å². The lowest BCUT2D eigenvalue weighted by Gasteiger charge is -2.41. The third kappa shape index (κ3) is 2.67. The van der Waals surface area contributed by atoms with Crippen LogP contribution in [0.4, 0.5) is 10.1 Å². The molecule has 1 aliphatic carbocycles. The van der Waals surface area contributed by atoms with Crippen molar-refractivity contribution in [1.82, 2.24) is 0 Å². The lowest BCUT2D eigenvalue weighted by molar-refractivity contribution is 0.226. The van der Waals surface area contributed by atoms with Gasteiger partial charge in [-0.2, -0.15) is 0 Å². The van der Waals surface area contributed by atoms with Gasteiger partial charge in [0.15, 0.2) is 0 Å². The first-order valence-electron chi connectivity index (χ1n) is 7.32. The minimum absolute atomic E-state index is 0.137. The number of hydrogen-bond acceptors (Lipinski definition) is 1. The van der Waals surface area contributed by atoms with Gasteiger partial charge in [0, 0.05) is 24.1 Å². The zero-order valence-corrected chi connectivity index (χ0v) is 12.9. The molecule has 104 valence electrons. The minimum atomic E-state index is -0.137. The van der Waals surface area contributed by atoms with E-state index in [1.54, 1.807) is 12.1 Å². The summed E-state index contributed by atoms with van der Waals surface area (Å²) < 4.78 is 13.3. The maximum atomic E-state index is 13.3. The second kappa shape index (κ2) is 5.43. The highest BCUT2D eigenvalue weighted by atomic mass is 79.9. The number of hydrogen-bond donors (Lipinski definition) is 0. The molecule has 0 atom stereocenters. The van der Waals surface area contributed by atoms with Gasteiger partial charge in [0.25, 0.3) is 0 Å². The van der Waals surface area contributed by atoms with Crippen molar-refractivity contribution in [3.8, 4) is 0 Å². The quantitative estimate of drug-likeness (QED) is 0.700. The molecule has 0 radical (unpaired) electrons. The Labute approximate surface area is 123 Å². The van der Waals surface area contributed by atoms with E-state index in [1.165, 1.54) is 44.2 Å². The van der Waals surface area contributed by atoms with Gasteiger partial charge in [0.05, 0.1) is 0 Å². The fourth-order valence-corrected chi connectivity index (χ4v) is 4.27. The van der Waals surface area contributed by atoms with Crippen molar-refractivity contribution in [2.45, 2.75) is 43.9 Å². The lowest BCUT2D eigenvalue weighted by Crippen LogP contribution is -2.39. The molecule has 3 heteroatoms. The lowest BCUT2D eigenvalue weighted by atomic mass is 9.77. The molecule has 19 heavy (non-hydrogen) atoms. The molecular weight excluding hydrogens is 305 g/mol. The molecule has 3 rings (SSSR count). The molecule has 1 heterocycles. The molecular formula is C16H21BrFN. The number of nitrogens with zero attached hydrogens (tertiary/aromatic N) is 1. The van der Waals surface area contributed by atoms with Crippen LogP contribution in [0.25, 0.3) is 0 Å². The van der Waals surface area contributed by atoms with Crippen LogP contribution in [-0.2, 0) is 5.33 Å². The van der Waals surface area contributed by atoms with E-state index >= 15 is 0 Å². The Morgan fingerprint density at radius 2 is 1.79 bits per heavy atom. The fourth-order valence-electron chi connectivity index (χ4n) is 3.82. The first-order chi connectivity index (χ1) is 9.22. The number of benzene rings is 1. The molecule has 0 N–H and O–H groups in total. The topological polar surface area (TPSA) is 3.24 Å². The highest BCUT2D eigenvalue weighted by Gasteiger charge is 2.37. The standard InChI is InChI=1S/C16H21BrFN/c17-12-13-11-14(18)3-4-15(13)19-9-7-16(8-10-19)5-1-2-6-16/h3-4,11H,1-2,5-10,12H2. The van der Waals surface area contributed by atoms with Gasteiger partial charge in [-0.25, -0.2) is 4.39 Å². The molecule has 1 nitrogen and oxygen atoms in total. The molecule has 2 fully saturated rings. The summed E-state index contributed by atoms with van der Waals surface area (Å²) in [5.74, 6) is -0.137. The van der Waals surface area contributed by atoms with Crippen LogP contribution in [0.5, 0.6) is 0 Å². The van der Waals surface area contributed by atoms with E-state index in [9.17, 15) is 4.39 Å². The summed E-state index contributed by atoms with van der Waals surface area (Å²) in [6, 6.07) is 5.18. The minimum Gasteiger partial charge on any atom is -0.371 e. The summed E-state index contributed by atoms with van der Waals surface area (Å²) in [5, 5.41) is 0.724. The maximum absolute atomic E-state index is 13.3. The van der Waals surface area contributed by atoms with Crippen LogP contribution in [-0.4, -0.2) is 13.1 Å². The van der Waals surface area contributed by atoms with E-state index in [1.807, 2.05) is 6.07 Å². The molecule has 0 unspecified atom stereocenters. The molecule has 1 aromatic rings. The Morgan fingerprint density at radius 1 is 1.11 bits per heavy atom. The molecule has 1 saturated heterocycles. The van der Waals surface area contributed by atoms with E-state index in [4.69, 9.17) is 0 Å². The molecule has 0 bridgehead atoms. The molecule has 1 aliphatic heterocycles. The van der Waals surface area contributed by atoms with Crippen molar-refractivity contribution < 1.29 is 4.39 Å². The molecule has 2 aliphatic rings. The number of rotatable bonds is 2. The van der Waals surface area contributed by atoms with Crippen LogP contribution in [0.15, 0.2) is 18.2 Å². The van der Waals surface area contributed by atoms with Crippen LogP contribution in [0, 0.1) is 11.2 Å². The monoisotopic (exact) mass is 325 g/mol. The summed E-state index contributed by atoms with van der Waals surface area (Å²) in [5.41, 5.74) is 2.93. The van der Waals surface area contributed by atoms with E-state index in [0.29, 0.717) is 5.41 Å². The van der Waals surface area contributed by atoms with Crippen LogP contribution >= 0.6 is 15.9 Å². The zero-order chi connectivity index (χ0) is 13.3. The second-order valence-corrected chi connectivity index (χ2v) is 6.66. The van der Waals surface area contributed by atoms with Crippen molar-refractivity contribution in [2.75, 3.05) is 18.0 Å². The highest BCUT2D eigenvalue weighted by molar-refractivity contribution is 9.08. The predicted octanol–water partition coefficient (Wildman–Crippen LogP) is 4.88. The number of piperidine rings is 1. The SMILES string of the molecule is Fc1ccc(N2CCC3(CCCC3)CC2)c(CBr)c1. The first-order valence-corrected chi connectivity index (χ1v) is 8.44. The van der Waals surface area contributed by atoms with Gasteiger partial charge < -0.3 is 4.90 Å². The predicted molar refractivity (Wildman–Crippen MR) is 81.4 cm³/mol. The van der Waals surface area contributed by atoms with Crippen molar-refractivity contribution in [1.29, 1.82) is 0 Å². The van der Waals surface area contributed by atoms with Gasteiger partial charge in [0.2, 0.25) is 0 Å². The summed E-state index contributed by atoms with van der Waals surface area (Å²) in [4.78, 5) is 2.44. The fraction of sp³-hybridized carbons (Fsp3) is 0.625. The van der Waals surface area contributed by atoms with Crippen molar-refractivity contribution in [3.63, 3.8) is 0 Å². The molecule has 0 aromatic heterocycles. The van der Waals surface area contributed by atoms with Gasteiger partial charge in [-0.3, -0.25) is 0 Å². The van der Waals surface area contributed by atoms with Gasteiger partial charge in [-0.05, 0) is 54.9 Å². The Morgan fingerprint density at radius 3 is 2.42 bits per heavy atom. The first kappa shape index (κ1) is 13.4. The summed E-state index contributed by atoms with van der Waals surface area (Å²) in [7, 11) is 0. The Bertz CT molecular complexity index is 444. The van der Waals surface area contributed by atoms with Crippen LogP contribution < -0.4 is 4.90 Å². The summed E-state index contributed by atoms with van der Waals surface area (Å²) in [6.45, 7) is 2.26. The van der Waals surface area contributed by atoms with Crippen molar-refractivity contribution in [2.24, 2.45) is 5.41 Å². The Kier molecular flexibility index (Phi) is 3.84. The van der Waals surface area contributed by atoms with Gasteiger partial charge in [-0.15, -0.1) is 0 Å². The molecule has 1 spiro atoms. The number of halogens is 2. The summed E-state index contributed by atoms with van der Waals surface area (Å²) in [6.07, 6.45) is 8.32. The normalized spacial score (nSPS) is 22.1. The Hall–Kier alpha value is -0.570. The van der Waals surface area contributed by atoms with E-state index in [0.717, 1.165) is 24.0 Å². The Balaban J connectivity index is 1.74. The third-order valence-corrected chi connectivity index (χ3v) is 5.62. The highest BCUT2D eigenvalue weighted by Crippen LogP contribution is 2.46. The third-order valence-electron chi connectivity index (χ3n) is 5.01.